The number of Topliss-reactive ketones (excluding diaryl/α,β-unsaturated/α-hetero) is 1. The van der Waals surface area contributed by atoms with Gasteiger partial charge in [-0.3, -0.25) is 19.2 Å². The van der Waals surface area contributed by atoms with E-state index in [1.807, 2.05) is 0 Å². The molecule has 0 fully saturated rings. The molecule has 1 atom stereocenters. The van der Waals surface area contributed by atoms with Gasteiger partial charge in [0.2, 0.25) is 0 Å². The first kappa shape index (κ1) is 18.2. The molecule has 5 nitrogen and oxygen atoms in total. The van der Waals surface area contributed by atoms with Gasteiger partial charge >= 0.3 is 5.97 Å². The third-order valence-corrected chi connectivity index (χ3v) is 2.93. The highest BCUT2D eigenvalue weighted by atomic mass is 16.5. The molecule has 0 spiro atoms. The van der Waals surface area contributed by atoms with Gasteiger partial charge in [-0.05, 0) is 38.8 Å². The van der Waals surface area contributed by atoms with E-state index in [1.165, 1.54) is 32.9 Å². The maximum atomic E-state index is 11.9. The van der Waals surface area contributed by atoms with E-state index in [4.69, 9.17) is 4.74 Å². The number of allylic oxidation sites excluding steroid dienone is 2. The molecular formula is C15H22O5. The van der Waals surface area contributed by atoms with Crippen LogP contribution >= 0.6 is 0 Å². The van der Waals surface area contributed by atoms with E-state index >= 15 is 0 Å². The lowest BCUT2D eigenvalue weighted by Crippen LogP contribution is -2.29. The molecule has 112 valence electrons. The molecule has 0 amide bonds. The Balaban J connectivity index is 4.66. The molecule has 0 aliphatic carbocycles. The second kappa shape index (κ2) is 7.72. The zero-order chi connectivity index (χ0) is 15.9. The molecule has 0 heterocycles. The summed E-state index contributed by atoms with van der Waals surface area (Å²) in [6, 6.07) is 0. The molecule has 0 aromatic heterocycles. The fourth-order valence-corrected chi connectivity index (χ4v) is 1.58. The minimum absolute atomic E-state index is 0.196. The van der Waals surface area contributed by atoms with Crippen LogP contribution in [0.4, 0.5) is 0 Å². The molecule has 0 saturated heterocycles. The molecule has 0 saturated carbocycles. The molecule has 0 aromatic carbocycles. The Morgan fingerprint density at radius 1 is 1.05 bits per heavy atom. The minimum atomic E-state index is -0.823. The summed E-state index contributed by atoms with van der Waals surface area (Å²) >= 11 is 0. The Bertz CT molecular complexity index is 432. The zero-order valence-corrected chi connectivity index (χ0v) is 12.7. The van der Waals surface area contributed by atoms with Crippen LogP contribution < -0.4 is 0 Å². The molecule has 0 aliphatic rings. The molecular weight excluding hydrogens is 260 g/mol. The number of carbonyl (C=O) groups is 4. The van der Waals surface area contributed by atoms with Gasteiger partial charge in [-0.25, -0.2) is 0 Å². The monoisotopic (exact) mass is 282 g/mol. The van der Waals surface area contributed by atoms with E-state index in [1.54, 1.807) is 13.8 Å². The maximum Gasteiger partial charge on any atom is 0.303 e. The number of ether oxygens (including phenoxy) is 1. The van der Waals surface area contributed by atoms with Gasteiger partial charge in [-0.15, -0.1) is 0 Å². The van der Waals surface area contributed by atoms with Crippen molar-refractivity contribution in [2.45, 2.75) is 53.6 Å². The second-order valence-electron chi connectivity index (χ2n) is 5.44. The quantitative estimate of drug-likeness (QED) is 0.503. The normalized spacial score (nSPS) is 13.1. The number of rotatable bonds is 8. The molecule has 0 rings (SSSR count). The summed E-state index contributed by atoms with van der Waals surface area (Å²) in [5, 5.41) is 0. The Hall–Kier alpha value is -1.78. The molecule has 1 unspecified atom stereocenters. The Kier molecular flexibility index (Phi) is 7.04. The van der Waals surface area contributed by atoms with Gasteiger partial charge in [0.25, 0.3) is 0 Å². The highest BCUT2D eigenvalue weighted by Gasteiger charge is 2.28. The van der Waals surface area contributed by atoms with Crippen molar-refractivity contribution in [2.24, 2.45) is 5.41 Å². The van der Waals surface area contributed by atoms with Gasteiger partial charge in [0.05, 0.1) is 0 Å². The Labute approximate surface area is 119 Å². The van der Waals surface area contributed by atoms with E-state index in [0.29, 0.717) is 6.42 Å². The fourth-order valence-electron chi connectivity index (χ4n) is 1.58. The number of carbonyl (C=O) groups excluding carboxylic acids is 4. The van der Waals surface area contributed by atoms with Crippen molar-refractivity contribution in [3.05, 3.63) is 12.2 Å². The van der Waals surface area contributed by atoms with Crippen molar-refractivity contribution >= 4 is 23.3 Å². The number of ketones is 3. The third-order valence-electron chi connectivity index (χ3n) is 2.93. The predicted molar refractivity (Wildman–Crippen MR) is 74.1 cm³/mol. The van der Waals surface area contributed by atoms with Gasteiger partial charge in [0.1, 0.15) is 0 Å². The summed E-state index contributed by atoms with van der Waals surface area (Å²) < 4.78 is 4.91. The topological polar surface area (TPSA) is 77.5 Å². The average Bonchev–Trinajstić information content (AvgIpc) is 2.30. The summed E-state index contributed by atoms with van der Waals surface area (Å²) in [4.78, 5) is 45.0. The highest BCUT2D eigenvalue weighted by Crippen LogP contribution is 2.26. The molecule has 0 N–H and O–H groups in total. The zero-order valence-electron chi connectivity index (χ0n) is 12.7. The molecule has 0 bridgehead atoms. The van der Waals surface area contributed by atoms with Crippen molar-refractivity contribution in [1.29, 1.82) is 0 Å². The van der Waals surface area contributed by atoms with Crippen molar-refractivity contribution in [3.63, 3.8) is 0 Å². The largest absolute Gasteiger partial charge is 0.455 e. The molecule has 0 radical (unpaired) electrons. The summed E-state index contributed by atoms with van der Waals surface area (Å²) in [6.45, 7) is 7.40. The first-order valence-corrected chi connectivity index (χ1v) is 6.47. The van der Waals surface area contributed by atoms with E-state index in [2.05, 4.69) is 0 Å². The maximum absolute atomic E-state index is 11.9. The fraction of sp³-hybridized carbons (Fsp3) is 0.600. The van der Waals surface area contributed by atoms with Crippen LogP contribution in [0.5, 0.6) is 0 Å². The first-order chi connectivity index (χ1) is 9.06. The van der Waals surface area contributed by atoms with Gasteiger partial charge in [0.15, 0.2) is 23.5 Å². The average molecular weight is 282 g/mol. The smallest absolute Gasteiger partial charge is 0.303 e. The van der Waals surface area contributed by atoms with Crippen molar-refractivity contribution in [2.75, 3.05) is 0 Å². The summed E-state index contributed by atoms with van der Waals surface area (Å²) in [5.74, 6) is -1.16. The van der Waals surface area contributed by atoms with Crippen LogP contribution in [0.1, 0.15) is 47.5 Å². The lowest BCUT2D eigenvalue weighted by atomic mass is 9.82. The third kappa shape index (κ3) is 6.97. The number of esters is 1. The van der Waals surface area contributed by atoms with Crippen LogP contribution in [0.3, 0.4) is 0 Å². The van der Waals surface area contributed by atoms with Crippen molar-refractivity contribution < 1.29 is 23.9 Å². The predicted octanol–water partition coefficient (Wildman–Crippen LogP) is 2.03. The van der Waals surface area contributed by atoms with Crippen LogP contribution in [0, 0.1) is 5.41 Å². The van der Waals surface area contributed by atoms with E-state index in [-0.39, 0.29) is 23.8 Å². The van der Waals surface area contributed by atoms with Crippen molar-refractivity contribution in [1.82, 2.24) is 0 Å². The van der Waals surface area contributed by atoms with Crippen LogP contribution in [-0.4, -0.2) is 29.4 Å². The van der Waals surface area contributed by atoms with Crippen LogP contribution in [0.25, 0.3) is 0 Å². The minimum Gasteiger partial charge on any atom is -0.455 e. The molecule has 20 heavy (non-hydrogen) atoms. The first-order valence-electron chi connectivity index (χ1n) is 6.47. The highest BCUT2D eigenvalue weighted by molar-refractivity contribution is 6.00. The molecule has 0 aromatic rings. The van der Waals surface area contributed by atoms with Crippen LogP contribution in [-0.2, 0) is 23.9 Å². The van der Waals surface area contributed by atoms with Gasteiger partial charge < -0.3 is 4.74 Å². The number of hydrogen-bond donors (Lipinski definition) is 0. The van der Waals surface area contributed by atoms with Crippen molar-refractivity contribution in [3.8, 4) is 0 Å². The summed E-state index contributed by atoms with van der Waals surface area (Å²) in [7, 11) is 0. The van der Waals surface area contributed by atoms with Crippen LogP contribution in [0.2, 0.25) is 0 Å². The number of hydrogen-bond acceptors (Lipinski definition) is 5. The molecule has 5 heteroatoms. The van der Waals surface area contributed by atoms with E-state index < -0.39 is 17.5 Å². The lowest BCUT2D eigenvalue weighted by molar-refractivity contribution is -0.153. The summed E-state index contributed by atoms with van der Waals surface area (Å²) in [5.41, 5.74) is -0.722. The lowest BCUT2D eigenvalue weighted by Gasteiger charge is -2.23. The van der Waals surface area contributed by atoms with E-state index in [0.717, 1.165) is 0 Å². The van der Waals surface area contributed by atoms with E-state index in [9.17, 15) is 19.2 Å². The second-order valence-corrected chi connectivity index (χ2v) is 5.44. The Morgan fingerprint density at radius 3 is 2.00 bits per heavy atom. The van der Waals surface area contributed by atoms with Gasteiger partial charge in [-0.1, -0.05) is 13.8 Å². The van der Waals surface area contributed by atoms with Crippen LogP contribution in [0.15, 0.2) is 12.2 Å². The SMILES string of the molecule is CC(=O)/C=C/C(=O)C(C)(C)CCC(OC(C)=O)C(C)=O. The summed E-state index contributed by atoms with van der Waals surface area (Å²) in [6.07, 6.45) is 2.30. The standard InChI is InChI=1S/C15H22O5/c1-10(16)6-7-14(19)15(4,5)9-8-13(11(2)17)20-12(3)18/h6-7,13H,8-9H2,1-5H3/b7-6+. The van der Waals surface area contributed by atoms with Gasteiger partial charge in [-0.2, -0.15) is 0 Å². The van der Waals surface area contributed by atoms with Gasteiger partial charge in [0, 0.05) is 12.3 Å². The molecule has 0 aliphatic heterocycles. The Morgan fingerprint density at radius 2 is 1.60 bits per heavy atom.